The van der Waals surface area contributed by atoms with Crippen LogP contribution in [0.1, 0.15) is 10.4 Å². The summed E-state index contributed by atoms with van der Waals surface area (Å²) in [6.07, 6.45) is 3.32. The molecule has 0 saturated heterocycles. The summed E-state index contributed by atoms with van der Waals surface area (Å²) in [4.78, 5) is 15.0. The number of hydrogen-bond acceptors (Lipinski definition) is 5. The lowest BCUT2D eigenvalue weighted by Crippen LogP contribution is -1.96. The maximum absolute atomic E-state index is 10.8. The first-order valence-corrected chi connectivity index (χ1v) is 4.70. The molecule has 0 fully saturated rings. The first-order chi connectivity index (χ1) is 8.24. The third-order valence-corrected chi connectivity index (χ3v) is 2.28. The molecule has 3 rings (SSSR count). The van der Waals surface area contributed by atoms with Gasteiger partial charge in [-0.2, -0.15) is 5.21 Å². The van der Waals surface area contributed by atoms with E-state index in [2.05, 4.69) is 25.6 Å². The first-order valence-electron chi connectivity index (χ1n) is 4.70. The number of carboxylic acids is 1. The van der Waals surface area contributed by atoms with E-state index < -0.39 is 5.97 Å². The van der Waals surface area contributed by atoms with Crippen LogP contribution < -0.4 is 0 Å². The molecule has 17 heavy (non-hydrogen) atoms. The fraction of sp³-hybridized carbons (Fsp3) is 0. The number of carbonyl (C=O) groups is 1. The third-order valence-electron chi connectivity index (χ3n) is 2.28. The van der Waals surface area contributed by atoms with Crippen LogP contribution in [0, 0.1) is 0 Å². The summed E-state index contributed by atoms with van der Waals surface area (Å²) in [6, 6.07) is 2.98. The summed E-state index contributed by atoms with van der Waals surface area (Å²) in [7, 11) is 0. The molecule has 8 nitrogen and oxygen atoms in total. The number of aromatic amines is 1. The smallest absolute Gasteiger partial charge is 0.335 e. The van der Waals surface area contributed by atoms with E-state index in [0.29, 0.717) is 17.2 Å². The second-order valence-corrected chi connectivity index (χ2v) is 3.35. The maximum Gasteiger partial charge on any atom is 0.335 e. The Balaban J connectivity index is 2.16. The topological polar surface area (TPSA) is 109 Å². The molecule has 0 atom stereocenters. The van der Waals surface area contributed by atoms with Crippen molar-refractivity contribution >= 4 is 11.6 Å². The number of fused-ring (bicyclic) bond motifs is 1. The summed E-state index contributed by atoms with van der Waals surface area (Å²) in [6.45, 7) is 0. The molecular weight excluding hydrogens is 224 g/mol. The molecule has 0 aromatic carbocycles. The van der Waals surface area contributed by atoms with Gasteiger partial charge in [0.2, 0.25) is 5.82 Å². The predicted octanol–water partition coefficient (Wildman–Crippen LogP) is 0.213. The van der Waals surface area contributed by atoms with Crippen molar-refractivity contribution in [3.05, 3.63) is 30.1 Å². The van der Waals surface area contributed by atoms with Gasteiger partial charge in [0, 0.05) is 12.4 Å². The van der Waals surface area contributed by atoms with Gasteiger partial charge >= 0.3 is 5.97 Å². The molecule has 8 heteroatoms. The molecule has 0 amide bonds. The van der Waals surface area contributed by atoms with Crippen LogP contribution in [0.5, 0.6) is 0 Å². The predicted molar refractivity (Wildman–Crippen MR) is 55.3 cm³/mol. The van der Waals surface area contributed by atoms with Crippen LogP contribution in [0.4, 0.5) is 0 Å². The lowest BCUT2D eigenvalue weighted by atomic mass is 10.3. The number of imidazole rings is 1. The number of carboxylic acid groups (broad SMARTS) is 1. The van der Waals surface area contributed by atoms with E-state index in [1.54, 1.807) is 16.8 Å². The third kappa shape index (κ3) is 1.51. The first kappa shape index (κ1) is 9.46. The number of aromatic carboxylic acids is 1. The Bertz CT molecular complexity index is 687. The molecule has 0 spiro atoms. The molecular formula is C9H6N6O2. The number of pyridine rings is 1. The molecule has 3 aromatic heterocycles. The van der Waals surface area contributed by atoms with E-state index in [1.807, 2.05) is 0 Å². The van der Waals surface area contributed by atoms with Crippen molar-refractivity contribution < 1.29 is 9.90 Å². The van der Waals surface area contributed by atoms with Crippen LogP contribution in [-0.4, -0.2) is 41.1 Å². The van der Waals surface area contributed by atoms with Gasteiger partial charge in [-0.3, -0.25) is 0 Å². The molecule has 0 aliphatic heterocycles. The Labute approximate surface area is 93.9 Å². The number of hydrogen-bond donors (Lipinski definition) is 2. The number of H-pyrrole nitrogens is 1. The Morgan fingerprint density at radius 3 is 3.06 bits per heavy atom. The molecule has 3 heterocycles. The normalized spacial score (nSPS) is 10.8. The summed E-state index contributed by atoms with van der Waals surface area (Å²) >= 11 is 0. The average molecular weight is 230 g/mol. The van der Waals surface area contributed by atoms with Crippen LogP contribution in [-0.2, 0) is 0 Å². The molecule has 0 aliphatic rings. The summed E-state index contributed by atoms with van der Waals surface area (Å²) in [5.41, 5.74) is 1.23. The number of nitrogens with one attached hydrogen (secondary N) is 1. The number of tetrazole rings is 1. The molecule has 0 saturated carbocycles. The highest BCUT2D eigenvalue weighted by molar-refractivity contribution is 5.88. The molecule has 0 bridgehead atoms. The molecule has 0 unspecified atom stereocenters. The van der Waals surface area contributed by atoms with Gasteiger partial charge in [-0.05, 0) is 17.3 Å². The van der Waals surface area contributed by atoms with Crippen molar-refractivity contribution in [2.75, 3.05) is 0 Å². The van der Waals surface area contributed by atoms with Gasteiger partial charge in [0.1, 0.15) is 11.3 Å². The highest BCUT2D eigenvalue weighted by Gasteiger charge is 2.10. The fourth-order valence-electron chi connectivity index (χ4n) is 1.49. The zero-order chi connectivity index (χ0) is 11.8. The van der Waals surface area contributed by atoms with E-state index in [9.17, 15) is 4.79 Å². The Hall–Kier alpha value is -2.77. The number of rotatable bonds is 2. The highest BCUT2D eigenvalue weighted by atomic mass is 16.4. The van der Waals surface area contributed by atoms with Gasteiger partial charge in [0.15, 0.2) is 0 Å². The lowest BCUT2D eigenvalue weighted by Gasteiger charge is -1.94. The molecule has 0 aliphatic carbocycles. The van der Waals surface area contributed by atoms with Gasteiger partial charge in [-0.25, -0.2) is 9.78 Å². The average Bonchev–Trinajstić information content (AvgIpc) is 2.96. The van der Waals surface area contributed by atoms with Crippen molar-refractivity contribution in [3.8, 4) is 11.5 Å². The van der Waals surface area contributed by atoms with Crippen LogP contribution >= 0.6 is 0 Å². The zero-order valence-corrected chi connectivity index (χ0v) is 8.40. The second-order valence-electron chi connectivity index (χ2n) is 3.35. The Morgan fingerprint density at radius 1 is 1.47 bits per heavy atom. The van der Waals surface area contributed by atoms with E-state index in [-0.39, 0.29) is 5.56 Å². The summed E-state index contributed by atoms with van der Waals surface area (Å²) in [5, 5.41) is 22.2. The zero-order valence-electron chi connectivity index (χ0n) is 8.40. The molecule has 84 valence electrons. The lowest BCUT2D eigenvalue weighted by molar-refractivity contribution is 0.0697. The summed E-state index contributed by atoms with van der Waals surface area (Å²) in [5.74, 6) is -0.623. The largest absolute Gasteiger partial charge is 0.478 e. The van der Waals surface area contributed by atoms with Crippen LogP contribution in [0.15, 0.2) is 24.5 Å². The SMILES string of the molecule is O=C(O)c1ccn2cc(-c3nn[nH]n3)nc2c1. The minimum atomic E-state index is -0.989. The van der Waals surface area contributed by atoms with Crippen molar-refractivity contribution in [2.45, 2.75) is 0 Å². The molecule has 0 radical (unpaired) electrons. The van der Waals surface area contributed by atoms with E-state index >= 15 is 0 Å². The van der Waals surface area contributed by atoms with Crippen LogP contribution in [0.25, 0.3) is 17.2 Å². The highest BCUT2D eigenvalue weighted by Crippen LogP contribution is 2.14. The standard InChI is InChI=1S/C9H6N6O2/c16-9(17)5-1-2-15-4-6(10-7(15)3-5)8-11-13-14-12-8/h1-4H,(H,16,17)(H,11,12,13,14). The second kappa shape index (κ2) is 3.37. The van der Waals surface area contributed by atoms with E-state index in [0.717, 1.165) is 0 Å². The van der Waals surface area contributed by atoms with Gasteiger partial charge in [0.25, 0.3) is 0 Å². The Morgan fingerprint density at radius 2 is 2.35 bits per heavy atom. The van der Waals surface area contributed by atoms with Gasteiger partial charge in [0.05, 0.1) is 5.56 Å². The number of nitrogens with zero attached hydrogens (tertiary/aromatic N) is 5. The van der Waals surface area contributed by atoms with Crippen LogP contribution in [0.2, 0.25) is 0 Å². The minimum Gasteiger partial charge on any atom is -0.478 e. The van der Waals surface area contributed by atoms with E-state index in [4.69, 9.17) is 5.11 Å². The van der Waals surface area contributed by atoms with Crippen molar-refractivity contribution in [2.24, 2.45) is 0 Å². The summed E-state index contributed by atoms with van der Waals surface area (Å²) < 4.78 is 1.69. The quantitative estimate of drug-likeness (QED) is 0.651. The van der Waals surface area contributed by atoms with Gasteiger partial charge < -0.3 is 9.51 Å². The minimum absolute atomic E-state index is 0.183. The van der Waals surface area contributed by atoms with Crippen LogP contribution in [0.3, 0.4) is 0 Å². The van der Waals surface area contributed by atoms with Gasteiger partial charge in [-0.15, -0.1) is 10.2 Å². The van der Waals surface area contributed by atoms with Crippen molar-refractivity contribution in [1.29, 1.82) is 0 Å². The maximum atomic E-state index is 10.8. The monoisotopic (exact) mass is 230 g/mol. The van der Waals surface area contributed by atoms with E-state index in [1.165, 1.54) is 12.1 Å². The molecule has 3 aromatic rings. The Kier molecular flexibility index (Phi) is 1.87. The molecule has 2 N–H and O–H groups in total. The van der Waals surface area contributed by atoms with Crippen molar-refractivity contribution in [3.63, 3.8) is 0 Å². The fourth-order valence-corrected chi connectivity index (χ4v) is 1.49. The number of aromatic nitrogens is 6. The van der Waals surface area contributed by atoms with Crippen molar-refractivity contribution in [1.82, 2.24) is 30.0 Å². The van der Waals surface area contributed by atoms with Gasteiger partial charge in [-0.1, -0.05) is 0 Å².